The third-order valence-corrected chi connectivity index (χ3v) is 4.71. The first-order valence-electron chi connectivity index (χ1n) is 8.23. The number of benzene rings is 2. The van der Waals surface area contributed by atoms with Crippen LogP contribution in [-0.4, -0.2) is 37.9 Å². The minimum atomic E-state index is 0.257. The van der Waals surface area contributed by atoms with Crippen molar-refractivity contribution in [3.05, 3.63) is 59.2 Å². The average Bonchev–Trinajstić information content (AvgIpc) is 3.06. The van der Waals surface area contributed by atoms with Gasteiger partial charge in [-0.3, -0.25) is 4.90 Å². The van der Waals surface area contributed by atoms with Gasteiger partial charge in [0.1, 0.15) is 0 Å². The topological polar surface area (TPSA) is 33.7 Å². The first kappa shape index (κ1) is 14.5. The lowest BCUT2D eigenvalue weighted by atomic mass is 9.93. The zero-order valence-corrected chi connectivity index (χ0v) is 13.4. The van der Waals surface area contributed by atoms with Crippen LogP contribution >= 0.6 is 0 Å². The second-order valence-electron chi connectivity index (χ2n) is 6.16. The lowest BCUT2D eigenvalue weighted by Crippen LogP contribution is -2.45. The van der Waals surface area contributed by atoms with E-state index >= 15 is 0 Å². The number of fused-ring (bicyclic) bond motifs is 1. The first-order chi connectivity index (χ1) is 11.3. The highest BCUT2D eigenvalue weighted by molar-refractivity contribution is 5.48. The fourth-order valence-corrected chi connectivity index (χ4v) is 3.50. The molecule has 23 heavy (non-hydrogen) atoms. The number of nitrogens with zero attached hydrogens (tertiary/aromatic N) is 1. The molecule has 4 heteroatoms. The van der Waals surface area contributed by atoms with Crippen molar-refractivity contribution >= 4 is 0 Å². The molecule has 2 aromatic carbocycles. The van der Waals surface area contributed by atoms with E-state index in [2.05, 4.69) is 53.5 Å². The fraction of sp³-hybridized carbons (Fsp3) is 0.368. The summed E-state index contributed by atoms with van der Waals surface area (Å²) in [6.45, 7) is 6.68. The van der Waals surface area contributed by atoms with Crippen molar-refractivity contribution in [2.45, 2.75) is 13.0 Å². The Kier molecular flexibility index (Phi) is 3.93. The van der Waals surface area contributed by atoms with E-state index in [0.29, 0.717) is 6.79 Å². The Morgan fingerprint density at radius 1 is 1.00 bits per heavy atom. The Balaban J connectivity index is 1.77. The summed E-state index contributed by atoms with van der Waals surface area (Å²) in [5, 5.41) is 3.44. The zero-order valence-electron chi connectivity index (χ0n) is 13.4. The summed E-state index contributed by atoms with van der Waals surface area (Å²) in [6, 6.07) is 15.3. The Morgan fingerprint density at radius 2 is 1.78 bits per heavy atom. The van der Waals surface area contributed by atoms with Gasteiger partial charge in [0, 0.05) is 26.2 Å². The predicted octanol–water partition coefficient (Wildman–Crippen LogP) is 2.72. The van der Waals surface area contributed by atoms with E-state index in [1.807, 2.05) is 6.07 Å². The molecule has 2 heterocycles. The summed E-state index contributed by atoms with van der Waals surface area (Å²) >= 11 is 0. The highest BCUT2D eigenvalue weighted by atomic mass is 16.7. The Bertz CT molecular complexity index is 696. The van der Waals surface area contributed by atoms with E-state index in [1.54, 1.807) is 0 Å². The minimum Gasteiger partial charge on any atom is -0.454 e. The molecule has 1 fully saturated rings. The van der Waals surface area contributed by atoms with E-state index in [-0.39, 0.29) is 6.04 Å². The molecule has 0 amide bonds. The zero-order chi connectivity index (χ0) is 15.6. The highest BCUT2D eigenvalue weighted by Crippen LogP contribution is 2.38. The molecule has 1 saturated heterocycles. The van der Waals surface area contributed by atoms with Gasteiger partial charge in [-0.2, -0.15) is 0 Å². The second-order valence-corrected chi connectivity index (χ2v) is 6.16. The molecule has 2 aliphatic rings. The van der Waals surface area contributed by atoms with Gasteiger partial charge in [0.2, 0.25) is 6.79 Å². The van der Waals surface area contributed by atoms with Gasteiger partial charge in [-0.05, 0) is 35.7 Å². The van der Waals surface area contributed by atoms with Gasteiger partial charge in [0.25, 0.3) is 0 Å². The Morgan fingerprint density at radius 3 is 2.61 bits per heavy atom. The van der Waals surface area contributed by atoms with Crippen LogP contribution < -0.4 is 14.8 Å². The number of hydrogen-bond acceptors (Lipinski definition) is 4. The molecule has 0 bridgehead atoms. The standard InChI is InChI=1S/C19H22N2O2/c1-14-4-2-3-5-16(14)19(21-10-8-20-9-11-21)15-6-7-17-18(12-15)23-13-22-17/h2-7,12,19-20H,8-11,13H2,1H3. The van der Waals surface area contributed by atoms with Gasteiger partial charge in [0.05, 0.1) is 6.04 Å². The maximum absolute atomic E-state index is 5.59. The molecule has 0 aliphatic carbocycles. The van der Waals surface area contributed by atoms with E-state index in [0.717, 1.165) is 37.7 Å². The number of aryl methyl sites for hydroxylation is 1. The third kappa shape index (κ3) is 2.80. The third-order valence-electron chi connectivity index (χ3n) is 4.71. The SMILES string of the molecule is Cc1ccccc1C(c1ccc2c(c1)OCO2)N1CCNCC1. The Hall–Kier alpha value is -2.04. The summed E-state index contributed by atoms with van der Waals surface area (Å²) in [6.07, 6.45) is 0. The van der Waals surface area contributed by atoms with Gasteiger partial charge in [-0.25, -0.2) is 0 Å². The number of ether oxygens (including phenoxy) is 2. The van der Waals surface area contributed by atoms with Gasteiger partial charge in [0.15, 0.2) is 11.5 Å². The van der Waals surface area contributed by atoms with Crippen LogP contribution in [-0.2, 0) is 0 Å². The molecule has 0 radical (unpaired) electrons. The highest BCUT2D eigenvalue weighted by Gasteiger charge is 2.26. The molecule has 1 unspecified atom stereocenters. The number of rotatable bonds is 3. The summed E-state index contributed by atoms with van der Waals surface area (Å²) in [5.41, 5.74) is 3.97. The summed E-state index contributed by atoms with van der Waals surface area (Å²) in [7, 11) is 0. The van der Waals surface area contributed by atoms with Crippen molar-refractivity contribution in [1.29, 1.82) is 0 Å². The molecule has 4 nitrogen and oxygen atoms in total. The molecular weight excluding hydrogens is 288 g/mol. The van der Waals surface area contributed by atoms with Crippen LogP contribution in [0.25, 0.3) is 0 Å². The van der Waals surface area contributed by atoms with E-state index < -0.39 is 0 Å². The maximum Gasteiger partial charge on any atom is 0.231 e. The molecule has 120 valence electrons. The van der Waals surface area contributed by atoms with Crippen molar-refractivity contribution in [2.75, 3.05) is 33.0 Å². The van der Waals surface area contributed by atoms with Crippen molar-refractivity contribution in [1.82, 2.24) is 10.2 Å². The molecule has 4 rings (SSSR count). The van der Waals surface area contributed by atoms with Crippen molar-refractivity contribution in [2.24, 2.45) is 0 Å². The van der Waals surface area contributed by atoms with Gasteiger partial charge < -0.3 is 14.8 Å². The average molecular weight is 310 g/mol. The maximum atomic E-state index is 5.59. The predicted molar refractivity (Wildman–Crippen MR) is 90.0 cm³/mol. The van der Waals surface area contributed by atoms with Gasteiger partial charge in [-0.15, -0.1) is 0 Å². The van der Waals surface area contributed by atoms with Crippen LogP contribution in [0.1, 0.15) is 22.7 Å². The molecule has 0 spiro atoms. The minimum absolute atomic E-state index is 0.257. The summed E-state index contributed by atoms with van der Waals surface area (Å²) in [4.78, 5) is 2.55. The number of piperazine rings is 1. The molecule has 1 atom stereocenters. The quantitative estimate of drug-likeness (QED) is 0.945. The van der Waals surface area contributed by atoms with Crippen molar-refractivity contribution < 1.29 is 9.47 Å². The number of hydrogen-bond donors (Lipinski definition) is 1. The lowest BCUT2D eigenvalue weighted by molar-refractivity contribution is 0.173. The molecule has 2 aromatic rings. The van der Waals surface area contributed by atoms with Crippen molar-refractivity contribution in [3.63, 3.8) is 0 Å². The van der Waals surface area contributed by atoms with Crippen molar-refractivity contribution in [3.8, 4) is 11.5 Å². The molecule has 1 N–H and O–H groups in total. The van der Waals surface area contributed by atoms with Gasteiger partial charge in [-0.1, -0.05) is 30.3 Å². The van der Waals surface area contributed by atoms with E-state index in [4.69, 9.17) is 9.47 Å². The first-order valence-corrected chi connectivity index (χ1v) is 8.23. The van der Waals surface area contributed by atoms with Crippen LogP contribution in [0.2, 0.25) is 0 Å². The van der Waals surface area contributed by atoms with Crippen LogP contribution in [0.4, 0.5) is 0 Å². The molecule has 0 aromatic heterocycles. The molecule has 2 aliphatic heterocycles. The van der Waals surface area contributed by atoms with Gasteiger partial charge >= 0.3 is 0 Å². The summed E-state index contributed by atoms with van der Waals surface area (Å²) in [5.74, 6) is 1.70. The molecule has 0 saturated carbocycles. The lowest BCUT2D eigenvalue weighted by Gasteiger charge is -2.36. The fourth-order valence-electron chi connectivity index (χ4n) is 3.50. The largest absolute Gasteiger partial charge is 0.454 e. The summed E-state index contributed by atoms with van der Waals surface area (Å²) < 4.78 is 11.1. The van der Waals surface area contributed by atoms with Crippen LogP contribution in [0.3, 0.4) is 0 Å². The molecular formula is C19H22N2O2. The van der Waals surface area contributed by atoms with E-state index in [9.17, 15) is 0 Å². The smallest absolute Gasteiger partial charge is 0.231 e. The number of nitrogens with one attached hydrogen (secondary N) is 1. The van der Waals surface area contributed by atoms with E-state index in [1.165, 1.54) is 16.7 Å². The van der Waals surface area contributed by atoms with Crippen LogP contribution in [0, 0.1) is 6.92 Å². The Labute approximate surface area is 137 Å². The van der Waals surface area contributed by atoms with Crippen LogP contribution in [0.5, 0.6) is 11.5 Å². The normalized spacial score (nSPS) is 18.8. The second kappa shape index (κ2) is 6.22. The van der Waals surface area contributed by atoms with Crippen LogP contribution in [0.15, 0.2) is 42.5 Å². The monoisotopic (exact) mass is 310 g/mol.